The van der Waals surface area contributed by atoms with Gasteiger partial charge in [0.2, 0.25) is 0 Å². The second-order valence-corrected chi connectivity index (χ2v) is 5.44. The zero-order chi connectivity index (χ0) is 16.1. The Labute approximate surface area is 135 Å². The zero-order valence-electron chi connectivity index (χ0n) is 12.7. The quantitative estimate of drug-likeness (QED) is 0.834. The van der Waals surface area contributed by atoms with E-state index in [1.165, 1.54) is 0 Å². The van der Waals surface area contributed by atoms with Crippen molar-refractivity contribution < 1.29 is 19.7 Å². The van der Waals surface area contributed by atoms with Gasteiger partial charge in [-0.1, -0.05) is 72.8 Å². The van der Waals surface area contributed by atoms with Gasteiger partial charge in [-0.3, -0.25) is 0 Å². The molecule has 4 atom stereocenters. The van der Waals surface area contributed by atoms with Gasteiger partial charge < -0.3 is 19.7 Å². The molecule has 0 spiro atoms. The van der Waals surface area contributed by atoms with E-state index in [-0.39, 0.29) is 0 Å². The Hall–Kier alpha value is -1.98. The van der Waals surface area contributed by atoms with E-state index in [0.717, 1.165) is 11.1 Å². The van der Waals surface area contributed by atoms with Crippen LogP contribution in [0.3, 0.4) is 0 Å². The third-order valence-electron chi connectivity index (χ3n) is 3.81. The Balaban J connectivity index is 1.86. The highest BCUT2D eigenvalue weighted by atomic mass is 16.7. The van der Waals surface area contributed by atoms with Crippen LogP contribution in [-0.4, -0.2) is 29.2 Å². The minimum absolute atomic E-state index is 0.380. The van der Waals surface area contributed by atoms with Crippen molar-refractivity contribution in [3.05, 3.63) is 83.9 Å². The highest BCUT2D eigenvalue weighted by molar-refractivity contribution is 5.25. The Kier molecular flexibility index (Phi) is 5.20. The van der Waals surface area contributed by atoms with E-state index in [1.54, 1.807) is 12.2 Å². The van der Waals surface area contributed by atoms with Crippen LogP contribution in [0.1, 0.15) is 23.3 Å². The number of rotatable bonds is 5. The molecule has 0 bridgehead atoms. The van der Waals surface area contributed by atoms with Gasteiger partial charge in [-0.15, -0.1) is 0 Å². The molecular formula is C19H20O4. The van der Waals surface area contributed by atoms with Crippen molar-refractivity contribution in [2.75, 3.05) is 6.61 Å². The summed E-state index contributed by atoms with van der Waals surface area (Å²) in [6, 6.07) is 18.8. The van der Waals surface area contributed by atoms with Gasteiger partial charge in [0.05, 0.1) is 6.61 Å². The van der Waals surface area contributed by atoms with Gasteiger partial charge in [-0.2, -0.15) is 0 Å². The molecule has 23 heavy (non-hydrogen) atoms. The fourth-order valence-corrected chi connectivity index (χ4v) is 2.60. The average molecular weight is 312 g/mol. The van der Waals surface area contributed by atoms with E-state index in [1.807, 2.05) is 60.7 Å². The molecule has 0 fully saturated rings. The van der Waals surface area contributed by atoms with Crippen molar-refractivity contribution in [3.63, 3.8) is 0 Å². The van der Waals surface area contributed by atoms with Crippen LogP contribution < -0.4 is 0 Å². The maximum absolute atomic E-state index is 10.8. The maximum atomic E-state index is 10.8. The molecule has 2 aromatic rings. The van der Waals surface area contributed by atoms with Crippen molar-refractivity contribution in [2.45, 2.75) is 24.6 Å². The number of benzene rings is 2. The Morgan fingerprint density at radius 3 is 2.17 bits per heavy atom. The predicted octanol–water partition coefficient (Wildman–Crippen LogP) is 2.75. The van der Waals surface area contributed by atoms with Gasteiger partial charge in [0, 0.05) is 0 Å². The van der Waals surface area contributed by atoms with Gasteiger partial charge in [-0.25, -0.2) is 0 Å². The first kappa shape index (κ1) is 15.9. The highest BCUT2D eigenvalue weighted by Crippen LogP contribution is 2.34. The highest BCUT2D eigenvalue weighted by Gasteiger charge is 2.30. The standard InChI is InChI=1S/C19H20O4/c20-16-12-7-13-22-19(16)23-18(15-10-5-2-6-11-15)17(21)14-8-3-1-4-9-14/h1-12,16-21H,13H2/t16-,17+,18+,19+/m1/s1. The van der Waals surface area contributed by atoms with E-state index in [4.69, 9.17) is 9.47 Å². The fraction of sp³-hybridized carbons (Fsp3) is 0.263. The van der Waals surface area contributed by atoms with Crippen LogP contribution >= 0.6 is 0 Å². The van der Waals surface area contributed by atoms with E-state index in [2.05, 4.69) is 0 Å². The van der Waals surface area contributed by atoms with Gasteiger partial charge in [0.1, 0.15) is 18.3 Å². The Bertz CT molecular complexity index is 626. The number of hydrogen-bond donors (Lipinski definition) is 2. The summed E-state index contributed by atoms with van der Waals surface area (Å²) in [5, 5.41) is 20.8. The molecule has 0 radical (unpaired) electrons. The molecule has 0 amide bonds. The van der Waals surface area contributed by atoms with Crippen molar-refractivity contribution in [3.8, 4) is 0 Å². The fourth-order valence-electron chi connectivity index (χ4n) is 2.60. The Morgan fingerprint density at radius 2 is 1.57 bits per heavy atom. The summed E-state index contributed by atoms with van der Waals surface area (Å²) in [6.45, 7) is 0.380. The van der Waals surface area contributed by atoms with Crippen LogP contribution in [0.2, 0.25) is 0 Å². The lowest BCUT2D eigenvalue weighted by Crippen LogP contribution is -2.35. The molecule has 0 aromatic heterocycles. The average Bonchev–Trinajstić information content (AvgIpc) is 2.62. The molecule has 120 valence electrons. The number of ether oxygens (including phenoxy) is 2. The van der Waals surface area contributed by atoms with Crippen LogP contribution in [0.4, 0.5) is 0 Å². The molecule has 0 unspecified atom stereocenters. The normalized spacial score (nSPS) is 23.4. The van der Waals surface area contributed by atoms with Crippen LogP contribution in [0, 0.1) is 0 Å². The second-order valence-electron chi connectivity index (χ2n) is 5.44. The lowest BCUT2D eigenvalue weighted by atomic mass is 9.98. The number of aliphatic hydroxyl groups excluding tert-OH is 2. The predicted molar refractivity (Wildman–Crippen MR) is 86.6 cm³/mol. The summed E-state index contributed by atoms with van der Waals surface area (Å²) >= 11 is 0. The summed E-state index contributed by atoms with van der Waals surface area (Å²) in [4.78, 5) is 0. The third kappa shape index (κ3) is 3.86. The van der Waals surface area contributed by atoms with Crippen molar-refractivity contribution in [2.24, 2.45) is 0 Å². The van der Waals surface area contributed by atoms with Crippen LogP contribution in [0.15, 0.2) is 72.8 Å². The molecule has 1 aliphatic rings. The largest absolute Gasteiger partial charge is 0.385 e. The molecule has 0 saturated carbocycles. The maximum Gasteiger partial charge on any atom is 0.188 e. The van der Waals surface area contributed by atoms with Crippen LogP contribution in [0.5, 0.6) is 0 Å². The smallest absolute Gasteiger partial charge is 0.188 e. The minimum atomic E-state index is -0.861. The summed E-state index contributed by atoms with van der Waals surface area (Å²) in [5.41, 5.74) is 1.58. The minimum Gasteiger partial charge on any atom is -0.385 e. The van der Waals surface area contributed by atoms with Crippen molar-refractivity contribution in [1.29, 1.82) is 0 Å². The first-order valence-corrected chi connectivity index (χ1v) is 7.65. The molecule has 2 aromatic carbocycles. The molecule has 1 aliphatic heterocycles. The van der Waals surface area contributed by atoms with Crippen molar-refractivity contribution in [1.82, 2.24) is 0 Å². The molecule has 4 nitrogen and oxygen atoms in total. The molecule has 1 heterocycles. The molecule has 0 saturated heterocycles. The number of hydrogen-bond acceptors (Lipinski definition) is 4. The number of aliphatic hydroxyl groups is 2. The lowest BCUT2D eigenvalue weighted by Gasteiger charge is -2.31. The summed E-state index contributed by atoms with van der Waals surface area (Å²) < 4.78 is 11.4. The van der Waals surface area contributed by atoms with Gasteiger partial charge in [0.15, 0.2) is 6.29 Å². The van der Waals surface area contributed by atoms with Gasteiger partial charge >= 0.3 is 0 Å². The molecule has 0 aliphatic carbocycles. The summed E-state index contributed by atoms with van der Waals surface area (Å²) in [6.07, 6.45) is 0.243. The van der Waals surface area contributed by atoms with Gasteiger partial charge in [-0.05, 0) is 11.1 Å². The second kappa shape index (κ2) is 7.53. The van der Waals surface area contributed by atoms with Crippen LogP contribution in [-0.2, 0) is 9.47 Å². The van der Waals surface area contributed by atoms with Crippen molar-refractivity contribution >= 4 is 0 Å². The lowest BCUT2D eigenvalue weighted by molar-refractivity contribution is -0.225. The van der Waals surface area contributed by atoms with E-state index < -0.39 is 24.6 Å². The monoisotopic (exact) mass is 312 g/mol. The zero-order valence-corrected chi connectivity index (χ0v) is 12.7. The molecular weight excluding hydrogens is 292 g/mol. The van der Waals surface area contributed by atoms with E-state index >= 15 is 0 Å². The topological polar surface area (TPSA) is 58.9 Å². The molecule has 3 rings (SSSR count). The van der Waals surface area contributed by atoms with Crippen LogP contribution in [0.25, 0.3) is 0 Å². The van der Waals surface area contributed by atoms with E-state index in [9.17, 15) is 10.2 Å². The summed E-state index contributed by atoms with van der Waals surface area (Å²) in [5.74, 6) is 0. The summed E-state index contributed by atoms with van der Waals surface area (Å²) in [7, 11) is 0. The SMILES string of the molecule is O[C@@H]1C=CCO[C@H]1O[C@@H](c1ccccc1)[C@@H](O)c1ccccc1. The molecule has 2 N–H and O–H groups in total. The Morgan fingerprint density at radius 1 is 0.957 bits per heavy atom. The molecule has 4 heteroatoms. The first-order chi connectivity index (χ1) is 11.3. The van der Waals surface area contributed by atoms with E-state index in [0.29, 0.717) is 6.61 Å². The third-order valence-corrected chi connectivity index (χ3v) is 3.81. The van der Waals surface area contributed by atoms with Gasteiger partial charge in [0.25, 0.3) is 0 Å². The first-order valence-electron chi connectivity index (χ1n) is 7.65.